The van der Waals surface area contributed by atoms with Gasteiger partial charge in [0.15, 0.2) is 5.92 Å². The van der Waals surface area contributed by atoms with Gasteiger partial charge in [0.05, 0.1) is 0 Å². The van der Waals surface area contributed by atoms with E-state index >= 15 is 0 Å². The van der Waals surface area contributed by atoms with E-state index in [1.54, 1.807) is 0 Å². The van der Waals surface area contributed by atoms with Gasteiger partial charge in [-0.1, -0.05) is 0 Å². The van der Waals surface area contributed by atoms with Gasteiger partial charge >= 0.3 is 12.4 Å². The largest absolute Gasteiger partial charge is 0.400 e. The van der Waals surface area contributed by atoms with Crippen LogP contribution in [0.3, 0.4) is 0 Å². The summed E-state index contributed by atoms with van der Waals surface area (Å²) in [6.07, 6.45) is -11.9. The first-order chi connectivity index (χ1) is 7.00. The van der Waals surface area contributed by atoms with E-state index in [1.165, 1.54) is 7.05 Å². The zero-order valence-electron chi connectivity index (χ0n) is 8.63. The van der Waals surface area contributed by atoms with Crippen LogP contribution in [-0.2, 0) is 0 Å². The maximum absolute atomic E-state index is 12.2. The highest BCUT2D eigenvalue weighted by Gasteiger charge is 2.56. The van der Waals surface area contributed by atoms with Gasteiger partial charge in [-0.2, -0.15) is 26.3 Å². The molecule has 0 aliphatic carbocycles. The van der Waals surface area contributed by atoms with Gasteiger partial charge in [-0.25, -0.2) is 0 Å². The lowest BCUT2D eigenvalue weighted by Gasteiger charge is -2.26. The van der Waals surface area contributed by atoms with E-state index in [-0.39, 0.29) is 5.71 Å². The fraction of sp³-hybridized carbons (Fsp3) is 0.875. The normalized spacial score (nSPS) is 15.3. The Bertz CT molecular complexity index is 230. The zero-order chi connectivity index (χ0) is 13.1. The molecular formula is C8H12F6N2. The average molecular weight is 250 g/mol. The van der Waals surface area contributed by atoms with Crippen LogP contribution in [-0.4, -0.2) is 31.2 Å². The monoisotopic (exact) mass is 250 g/mol. The minimum absolute atomic E-state index is 0.263. The van der Waals surface area contributed by atoms with Crippen molar-refractivity contribution in [1.82, 2.24) is 5.32 Å². The fourth-order valence-electron chi connectivity index (χ4n) is 1.20. The van der Waals surface area contributed by atoms with Crippen molar-refractivity contribution < 1.29 is 26.3 Å². The van der Waals surface area contributed by atoms with E-state index in [4.69, 9.17) is 5.41 Å². The molecule has 0 fully saturated rings. The molecule has 0 unspecified atom stereocenters. The van der Waals surface area contributed by atoms with Crippen molar-refractivity contribution in [2.45, 2.75) is 31.7 Å². The first-order valence-corrected chi connectivity index (χ1v) is 4.36. The second-order valence-corrected chi connectivity index (χ2v) is 3.40. The second kappa shape index (κ2) is 5.03. The van der Waals surface area contributed by atoms with Gasteiger partial charge in [0.25, 0.3) is 0 Å². The Morgan fingerprint density at radius 2 is 1.50 bits per heavy atom. The van der Waals surface area contributed by atoms with Crippen molar-refractivity contribution in [1.29, 1.82) is 5.41 Å². The van der Waals surface area contributed by atoms with Crippen LogP contribution in [0.15, 0.2) is 0 Å². The molecule has 1 atom stereocenters. The number of halogens is 6. The molecule has 0 aromatic carbocycles. The van der Waals surface area contributed by atoms with Crippen LogP contribution < -0.4 is 5.32 Å². The lowest BCUT2D eigenvalue weighted by molar-refractivity contribution is -0.286. The summed E-state index contributed by atoms with van der Waals surface area (Å²) in [6, 6.07) is -1.23. The summed E-state index contributed by atoms with van der Waals surface area (Å²) >= 11 is 0. The molecule has 16 heavy (non-hydrogen) atoms. The van der Waals surface area contributed by atoms with Crippen LogP contribution >= 0.6 is 0 Å². The van der Waals surface area contributed by atoms with Crippen LogP contribution in [0.1, 0.15) is 13.3 Å². The van der Waals surface area contributed by atoms with Gasteiger partial charge in [0, 0.05) is 11.8 Å². The molecule has 0 aliphatic heterocycles. The summed E-state index contributed by atoms with van der Waals surface area (Å²) in [5.41, 5.74) is -0.263. The predicted molar refractivity (Wildman–Crippen MR) is 46.5 cm³/mol. The lowest BCUT2D eigenvalue weighted by atomic mass is 9.96. The highest BCUT2D eigenvalue weighted by Crippen LogP contribution is 2.41. The standard InChI is InChI=1S/C8H12F6N2/c1-4(15)5(16-2)3-6(7(9,10)11)8(12,13)14/h5-6,15-16H,3H2,1-2H3/t5-/m0/s1. The summed E-state index contributed by atoms with van der Waals surface area (Å²) in [6.45, 7) is 1.16. The van der Waals surface area contributed by atoms with E-state index in [0.29, 0.717) is 0 Å². The van der Waals surface area contributed by atoms with E-state index in [0.717, 1.165) is 6.92 Å². The van der Waals surface area contributed by atoms with Crippen LogP contribution in [0, 0.1) is 11.3 Å². The molecule has 0 spiro atoms. The molecule has 0 saturated carbocycles. The number of rotatable bonds is 4. The van der Waals surface area contributed by atoms with Crippen molar-refractivity contribution in [2.75, 3.05) is 7.05 Å². The van der Waals surface area contributed by atoms with Gasteiger partial charge in [-0.05, 0) is 20.4 Å². The molecule has 0 aliphatic rings. The SMILES string of the molecule is CN[C@@H](CC(C(F)(F)F)C(F)(F)F)C(C)=N. The topological polar surface area (TPSA) is 35.9 Å². The van der Waals surface area contributed by atoms with Gasteiger partial charge < -0.3 is 10.7 Å². The van der Waals surface area contributed by atoms with Crippen molar-refractivity contribution in [3.05, 3.63) is 0 Å². The number of hydrogen-bond acceptors (Lipinski definition) is 2. The maximum Gasteiger partial charge on any atom is 0.400 e. The van der Waals surface area contributed by atoms with E-state index in [2.05, 4.69) is 5.32 Å². The van der Waals surface area contributed by atoms with E-state index in [1.807, 2.05) is 0 Å². The highest BCUT2D eigenvalue weighted by atomic mass is 19.4. The number of alkyl halides is 6. The molecule has 2 nitrogen and oxygen atoms in total. The molecule has 0 radical (unpaired) electrons. The summed E-state index contributed by atoms with van der Waals surface area (Å²) < 4.78 is 72.9. The Labute approximate surface area is 88.5 Å². The van der Waals surface area contributed by atoms with Gasteiger partial charge in [0.1, 0.15) is 0 Å². The molecule has 0 heterocycles. The summed E-state index contributed by atoms with van der Waals surface area (Å²) in [5.74, 6) is -3.40. The van der Waals surface area contributed by atoms with Crippen molar-refractivity contribution in [3.8, 4) is 0 Å². The fourth-order valence-corrected chi connectivity index (χ4v) is 1.20. The van der Waals surface area contributed by atoms with E-state index in [9.17, 15) is 26.3 Å². The highest BCUT2D eigenvalue weighted by molar-refractivity contribution is 5.84. The van der Waals surface area contributed by atoms with E-state index < -0.39 is 30.7 Å². The Morgan fingerprint density at radius 1 is 1.12 bits per heavy atom. The molecule has 0 amide bonds. The Morgan fingerprint density at radius 3 is 1.69 bits per heavy atom. The summed E-state index contributed by atoms with van der Waals surface area (Å²) in [7, 11) is 1.21. The zero-order valence-corrected chi connectivity index (χ0v) is 8.63. The third-order valence-electron chi connectivity index (χ3n) is 2.13. The van der Waals surface area contributed by atoms with Crippen LogP contribution in [0.5, 0.6) is 0 Å². The van der Waals surface area contributed by atoms with Crippen molar-refractivity contribution >= 4 is 5.71 Å². The Hall–Kier alpha value is -0.790. The second-order valence-electron chi connectivity index (χ2n) is 3.40. The molecule has 0 aromatic rings. The minimum atomic E-state index is -5.34. The Balaban J connectivity index is 4.88. The summed E-state index contributed by atoms with van der Waals surface area (Å²) in [5, 5.41) is 9.31. The molecule has 0 bridgehead atoms. The predicted octanol–water partition coefficient (Wildman–Crippen LogP) is 2.74. The van der Waals surface area contributed by atoms with Gasteiger partial charge in [0.2, 0.25) is 0 Å². The molecule has 2 N–H and O–H groups in total. The van der Waals surface area contributed by atoms with Gasteiger partial charge in [-0.3, -0.25) is 0 Å². The first kappa shape index (κ1) is 15.2. The average Bonchev–Trinajstić information content (AvgIpc) is 1.99. The maximum atomic E-state index is 12.2. The molecular weight excluding hydrogens is 238 g/mol. The van der Waals surface area contributed by atoms with Crippen LogP contribution in [0.2, 0.25) is 0 Å². The smallest absolute Gasteiger partial charge is 0.312 e. The third kappa shape index (κ3) is 4.38. The van der Waals surface area contributed by atoms with Crippen molar-refractivity contribution in [3.63, 3.8) is 0 Å². The lowest BCUT2D eigenvalue weighted by Crippen LogP contribution is -2.43. The molecule has 96 valence electrons. The molecule has 0 saturated heterocycles. The molecule has 0 rings (SSSR count). The minimum Gasteiger partial charge on any atom is -0.312 e. The Kier molecular flexibility index (Phi) is 4.78. The molecule has 0 aromatic heterocycles. The van der Waals surface area contributed by atoms with Crippen LogP contribution in [0.25, 0.3) is 0 Å². The first-order valence-electron chi connectivity index (χ1n) is 4.36. The van der Waals surface area contributed by atoms with Gasteiger partial charge in [-0.15, -0.1) is 0 Å². The number of hydrogen-bond donors (Lipinski definition) is 2. The van der Waals surface area contributed by atoms with Crippen LogP contribution in [0.4, 0.5) is 26.3 Å². The molecule has 8 heteroatoms. The quantitative estimate of drug-likeness (QED) is 0.584. The third-order valence-corrected chi connectivity index (χ3v) is 2.13. The van der Waals surface area contributed by atoms with Crippen molar-refractivity contribution in [2.24, 2.45) is 5.92 Å². The number of nitrogens with one attached hydrogen (secondary N) is 2. The summed E-state index contributed by atoms with van der Waals surface area (Å²) in [4.78, 5) is 0.